The minimum Gasteiger partial charge on any atom is -0.497 e. The first-order valence-electron chi connectivity index (χ1n) is 17.8. The van der Waals surface area contributed by atoms with Gasteiger partial charge in [0.15, 0.2) is 0 Å². The first-order chi connectivity index (χ1) is 26.8. The molecule has 1 aromatic carbocycles. The van der Waals surface area contributed by atoms with E-state index in [9.17, 15) is 52.2 Å². The van der Waals surface area contributed by atoms with Crippen molar-refractivity contribution < 1.29 is 83.5 Å². The normalized spacial score (nSPS) is 19.9. The number of ether oxygens (including phenoxy) is 3. The summed E-state index contributed by atoms with van der Waals surface area (Å²) in [5.41, 5.74) is -0.541. The summed E-state index contributed by atoms with van der Waals surface area (Å²) in [6.07, 6.45) is 4.38. The Morgan fingerprint density at radius 2 is 1.47 bits per heavy atom. The second-order valence-corrected chi connectivity index (χ2v) is 18.9. The largest absolute Gasteiger partial charge is 0.497 e. The number of methoxy groups -OCH3 is 1. The molecule has 1 fully saturated rings. The molecule has 320 valence electrons. The summed E-state index contributed by atoms with van der Waals surface area (Å²) in [6.45, 7) is 0.594. The fraction of sp³-hybridized carbons (Fsp3) is 0.633. The maximum atomic E-state index is 12.5. The number of benzene rings is 1. The van der Waals surface area contributed by atoms with Crippen LogP contribution in [0.2, 0.25) is 0 Å². The Balaban J connectivity index is 1.16. The zero-order valence-electron chi connectivity index (χ0n) is 31.1. The van der Waals surface area contributed by atoms with Crippen molar-refractivity contribution >= 4 is 61.8 Å². The molecule has 1 aliphatic rings. The van der Waals surface area contributed by atoms with Gasteiger partial charge in [-0.1, -0.05) is 19.3 Å². The Morgan fingerprint density at radius 1 is 0.825 bits per heavy atom. The Hall–Kier alpha value is -2.29. The predicted octanol–water partition coefficient (Wildman–Crippen LogP) is 3.52. The summed E-state index contributed by atoms with van der Waals surface area (Å²) in [4.78, 5) is 75.5. The van der Waals surface area contributed by atoms with Crippen LogP contribution < -0.4 is 26.1 Å². The number of amides is 2. The van der Waals surface area contributed by atoms with E-state index in [1.807, 2.05) is 5.09 Å². The van der Waals surface area contributed by atoms with E-state index in [0.717, 1.165) is 0 Å². The van der Waals surface area contributed by atoms with E-state index in [1.165, 1.54) is 13.2 Å². The smallest absolute Gasteiger partial charge is 0.490 e. The van der Waals surface area contributed by atoms with Crippen LogP contribution in [0, 0.1) is 0 Å². The number of phosphoric ester groups is 1. The lowest BCUT2D eigenvalue weighted by atomic mass is 9.97. The SMILES string of the molecule is [B][C@H]1CC[C@@H](COP(=O)(O)OP(=O)(O)OP(=O)(O)OP(=O)(O)NCCCCCCCNC(=O)CCOCCCCNC(=O)c2cc3ccc(OC)cc3oc2=O)O1. The van der Waals surface area contributed by atoms with Crippen LogP contribution in [0.4, 0.5) is 0 Å². The number of carbonyl (C=O) groups is 2. The molecule has 1 aliphatic heterocycles. The fourth-order valence-electron chi connectivity index (χ4n) is 5.10. The topological polar surface area (TPSA) is 314 Å². The van der Waals surface area contributed by atoms with Crippen molar-refractivity contribution in [3.8, 4) is 5.75 Å². The van der Waals surface area contributed by atoms with Crippen molar-refractivity contribution in [3.63, 3.8) is 0 Å². The third-order valence-electron chi connectivity index (χ3n) is 7.84. The number of phosphoric acid groups is 3. The molecule has 2 amide bonds. The van der Waals surface area contributed by atoms with Crippen molar-refractivity contribution in [2.24, 2.45) is 0 Å². The lowest BCUT2D eigenvalue weighted by Gasteiger charge is -2.20. The molecule has 27 heteroatoms. The van der Waals surface area contributed by atoms with Gasteiger partial charge in [0, 0.05) is 50.1 Å². The number of rotatable bonds is 28. The summed E-state index contributed by atoms with van der Waals surface area (Å²) in [7, 11) is -15.0. The van der Waals surface area contributed by atoms with E-state index in [2.05, 4.69) is 28.1 Å². The van der Waals surface area contributed by atoms with Crippen LogP contribution in [0.1, 0.15) is 74.6 Å². The van der Waals surface area contributed by atoms with Crippen molar-refractivity contribution in [3.05, 3.63) is 40.2 Å². The van der Waals surface area contributed by atoms with Crippen LogP contribution in [0.3, 0.4) is 0 Å². The van der Waals surface area contributed by atoms with Gasteiger partial charge in [0.2, 0.25) is 5.91 Å². The highest BCUT2D eigenvalue weighted by atomic mass is 31.3. The summed E-state index contributed by atoms with van der Waals surface area (Å²) in [5, 5.41) is 8.03. The summed E-state index contributed by atoms with van der Waals surface area (Å²) >= 11 is 0. The minimum atomic E-state index is -5.84. The number of hydrogen-bond acceptors (Lipinski definition) is 15. The van der Waals surface area contributed by atoms with Crippen molar-refractivity contribution in [2.75, 3.05) is 46.6 Å². The van der Waals surface area contributed by atoms with Crippen LogP contribution in [0.15, 0.2) is 33.5 Å². The van der Waals surface area contributed by atoms with E-state index < -0.39 is 61.5 Å². The average molecular weight is 889 g/mol. The second kappa shape index (κ2) is 23.5. The van der Waals surface area contributed by atoms with Crippen LogP contribution >= 0.6 is 31.2 Å². The average Bonchev–Trinajstić information content (AvgIpc) is 3.53. The molecule has 4 unspecified atom stereocenters. The lowest BCUT2D eigenvalue weighted by molar-refractivity contribution is -0.122. The molecular weight excluding hydrogens is 841 g/mol. The zero-order chi connectivity index (χ0) is 42.1. The molecule has 2 heterocycles. The standard InChI is InChI=1S/C30H48BN3O19P4/c1-46-23-10-9-22-19-25(30(37)50-26(22)20-23)29(36)33-15-7-8-17-47-18-13-28(35)32-14-5-3-2-4-6-16-34-54(38,39)51-56(42,43)53-57(44,45)52-55(40,41)48-21-24-11-12-27(31)49-24/h9-10,19-20,24,27H,2-8,11-18,21H2,1H3,(H,32,35)(H,33,36)(H,40,41)(H,42,43)(H,44,45)(H2,34,38,39)/t24-,27+/m0/s1. The molecule has 6 atom stereocenters. The Labute approximate surface area is 329 Å². The van der Waals surface area contributed by atoms with E-state index in [4.69, 9.17) is 26.5 Å². The summed E-state index contributed by atoms with van der Waals surface area (Å²) in [5.74, 6) is -0.210. The third kappa shape index (κ3) is 19.6. The van der Waals surface area contributed by atoms with Gasteiger partial charge in [-0.25, -0.2) is 28.1 Å². The Morgan fingerprint density at radius 3 is 2.18 bits per heavy atom. The molecule has 0 spiro atoms. The van der Waals surface area contributed by atoms with Gasteiger partial charge >= 0.3 is 36.8 Å². The first-order valence-corrected chi connectivity index (χ1v) is 23.9. The van der Waals surface area contributed by atoms with Gasteiger partial charge in [-0.05, 0) is 56.7 Å². The van der Waals surface area contributed by atoms with Gasteiger partial charge < -0.3 is 48.8 Å². The van der Waals surface area contributed by atoms with Crippen LogP contribution in [-0.4, -0.2) is 97.9 Å². The molecule has 2 aromatic rings. The molecule has 3 rings (SSSR count). The quantitative estimate of drug-likeness (QED) is 0.0278. The monoisotopic (exact) mass is 889 g/mol. The number of hydrogen-bond donors (Lipinski definition) is 7. The maximum Gasteiger partial charge on any atom is 0.490 e. The van der Waals surface area contributed by atoms with Crippen LogP contribution in [-0.2, 0) is 50.0 Å². The highest BCUT2D eigenvalue weighted by Gasteiger charge is 2.45. The molecule has 0 saturated carbocycles. The molecule has 1 aromatic heterocycles. The van der Waals surface area contributed by atoms with Gasteiger partial charge in [-0.3, -0.25) is 14.1 Å². The second-order valence-electron chi connectivity index (χ2n) is 12.5. The van der Waals surface area contributed by atoms with Crippen molar-refractivity contribution in [1.82, 2.24) is 15.7 Å². The van der Waals surface area contributed by atoms with Gasteiger partial charge in [0.25, 0.3) is 5.91 Å². The number of fused-ring (bicyclic) bond motifs is 1. The summed E-state index contributed by atoms with van der Waals surface area (Å²) in [6, 6.07) is 5.79. The minimum absolute atomic E-state index is 0.100. The molecule has 1 saturated heterocycles. The van der Waals surface area contributed by atoms with Gasteiger partial charge in [0.1, 0.15) is 24.7 Å². The van der Waals surface area contributed by atoms with Crippen LogP contribution in [0.25, 0.3) is 11.0 Å². The van der Waals surface area contributed by atoms with Gasteiger partial charge in [0.05, 0.1) is 26.4 Å². The lowest BCUT2D eigenvalue weighted by Crippen LogP contribution is -2.29. The highest BCUT2D eigenvalue weighted by Crippen LogP contribution is 2.70. The van der Waals surface area contributed by atoms with E-state index in [-0.39, 0.29) is 31.0 Å². The highest BCUT2D eigenvalue weighted by molar-refractivity contribution is 7.70. The number of nitrogens with one attached hydrogen (secondary N) is 3. The summed E-state index contributed by atoms with van der Waals surface area (Å²) < 4.78 is 85.5. The van der Waals surface area contributed by atoms with Crippen molar-refractivity contribution in [1.29, 1.82) is 0 Å². The Bertz CT molecular complexity index is 1890. The fourth-order valence-corrected chi connectivity index (χ4v) is 10.3. The van der Waals surface area contributed by atoms with E-state index in [1.54, 1.807) is 18.2 Å². The van der Waals surface area contributed by atoms with Crippen molar-refractivity contribution in [2.45, 2.75) is 76.3 Å². The zero-order valence-corrected chi connectivity index (χ0v) is 34.6. The van der Waals surface area contributed by atoms with Crippen LogP contribution in [0.5, 0.6) is 5.75 Å². The number of carbonyl (C=O) groups excluding carboxylic acids is 2. The maximum absolute atomic E-state index is 12.5. The molecular formula is C30H48BN3O19P4. The van der Waals surface area contributed by atoms with E-state index in [0.29, 0.717) is 94.2 Å². The van der Waals surface area contributed by atoms with Gasteiger partial charge in [-0.15, -0.1) is 0 Å². The Kier molecular flexibility index (Phi) is 20.2. The molecule has 2 radical (unpaired) electrons. The molecule has 0 bridgehead atoms. The third-order valence-corrected chi connectivity index (χ3v) is 14.0. The molecule has 57 heavy (non-hydrogen) atoms. The van der Waals surface area contributed by atoms with Gasteiger partial charge in [-0.2, -0.15) is 12.9 Å². The number of unbranched alkanes of at least 4 members (excludes halogenated alkanes) is 5. The molecule has 22 nitrogen and oxygen atoms in total. The molecule has 7 N–H and O–H groups in total. The van der Waals surface area contributed by atoms with E-state index >= 15 is 0 Å². The molecule has 0 aliphatic carbocycles. The first kappa shape index (κ1) is 49.1. The predicted molar refractivity (Wildman–Crippen MR) is 202 cm³/mol.